The van der Waals surface area contributed by atoms with E-state index in [0.717, 1.165) is 18.9 Å². The van der Waals surface area contributed by atoms with Gasteiger partial charge in [-0.3, -0.25) is 14.3 Å². The Morgan fingerprint density at radius 3 is 2.65 bits per heavy atom. The van der Waals surface area contributed by atoms with Gasteiger partial charge >= 0.3 is 5.69 Å². The fraction of sp³-hybridized carbons (Fsp3) is 0.529. The van der Waals surface area contributed by atoms with Crippen molar-refractivity contribution >= 4 is 16.6 Å². The SMILES string of the molecule is COc1c(N2CC(F)C(CN)C2)c(F)cc2c(=O)[nH]c(=O)n(C3CC3)c12. The molecule has 7 nitrogen and oxygen atoms in total. The Hall–Kier alpha value is -2.42. The molecular weight excluding hydrogens is 346 g/mol. The highest BCUT2D eigenvalue weighted by Gasteiger charge is 2.36. The van der Waals surface area contributed by atoms with Gasteiger partial charge in [0, 0.05) is 25.0 Å². The molecule has 1 aromatic carbocycles. The van der Waals surface area contributed by atoms with E-state index < -0.39 is 29.2 Å². The van der Waals surface area contributed by atoms with Crippen molar-refractivity contribution in [2.45, 2.75) is 25.1 Å². The summed E-state index contributed by atoms with van der Waals surface area (Å²) in [6, 6.07) is 1.03. The molecule has 3 N–H and O–H groups in total. The second-order valence-electron chi connectivity index (χ2n) is 6.91. The molecule has 1 aromatic heterocycles. The lowest BCUT2D eigenvalue weighted by Gasteiger charge is -2.23. The van der Waals surface area contributed by atoms with E-state index in [1.165, 1.54) is 11.7 Å². The molecule has 1 aliphatic heterocycles. The summed E-state index contributed by atoms with van der Waals surface area (Å²) in [5.41, 5.74) is 4.70. The molecule has 0 spiro atoms. The summed E-state index contributed by atoms with van der Waals surface area (Å²) in [6.07, 6.45) is 0.412. The second kappa shape index (κ2) is 6.08. The lowest BCUT2D eigenvalue weighted by atomic mass is 10.1. The van der Waals surface area contributed by atoms with Crippen LogP contribution in [0.3, 0.4) is 0 Å². The smallest absolute Gasteiger partial charge is 0.329 e. The fourth-order valence-electron chi connectivity index (χ4n) is 3.75. The average Bonchev–Trinajstić information content (AvgIpc) is 3.36. The molecule has 0 bridgehead atoms. The van der Waals surface area contributed by atoms with E-state index in [1.54, 1.807) is 4.90 Å². The summed E-state index contributed by atoms with van der Waals surface area (Å²) in [7, 11) is 1.35. The Bertz CT molecular complexity index is 983. The first-order valence-corrected chi connectivity index (χ1v) is 8.60. The van der Waals surface area contributed by atoms with Gasteiger partial charge in [-0.25, -0.2) is 13.6 Å². The van der Waals surface area contributed by atoms with Gasteiger partial charge in [-0.15, -0.1) is 0 Å². The van der Waals surface area contributed by atoms with Crippen molar-refractivity contribution in [2.24, 2.45) is 11.7 Å². The molecule has 2 atom stereocenters. The van der Waals surface area contributed by atoms with E-state index in [2.05, 4.69) is 4.98 Å². The Kier molecular flexibility index (Phi) is 3.98. The van der Waals surface area contributed by atoms with Gasteiger partial charge in [0.25, 0.3) is 5.56 Å². The van der Waals surface area contributed by atoms with Crippen molar-refractivity contribution < 1.29 is 13.5 Å². The number of fused-ring (bicyclic) bond motifs is 1. The molecule has 140 valence electrons. The number of alkyl halides is 1. The molecule has 26 heavy (non-hydrogen) atoms. The number of nitrogens with two attached hydrogens (primary N) is 1. The molecule has 2 fully saturated rings. The van der Waals surface area contributed by atoms with Gasteiger partial charge in [-0.2, -0.15) is 0 Å². The molecular formula is C17H20F2N4O3. The molecule has 1 saturated carbocycles. The number of rotatable bonds is 4. The average molecular weight is 366 g/mol. The Labute approximate surface area is 147 Å². The summed E-state index contributed by atoms with van der Waals surface area (Å²) in [4.78, 5) is 28.3. The van der Waals surface area contributed by atoms with Crippen molar-refractivity contribution in [2.75, 3.05) is 31.6 Å². The molecule has 9 heteroatoms. The predicted molar refractivity (Wildman–Crippen MR) is 93.3 cm³/mol. The lowest BCUT2D eigenvalue weighted by Crippen LogP contribution is -2.31. The maximum atomic E-state index is 14.9. The maximum absolute atomic E-state index is 14.9. The van der Waals surface area contributed by atoms with E-state index >= 15 is 0 Å². The zero-order valence-corrected chi connectivity index (χ0v) is 14.3. The Morgan fingerprint density at radius 2 is 2.08 bits per heavy atom. The number of hydrogen-bond donors (Lipinski definition) is 2. The molecule has 2 heterocycles. The standard InChI is InChI=1S/C17H20F2N4O3/c1-26-15-13-10(16(24)21-17(25)23(13)9-2-3-9)4-11(18)14(15)22-6-8(5-20)12(19)7-22/h4,8-9,12H,2-3,5-7,20H2,1H3,(H,21,24,25). The van der Waals surface area contributed by atoms with E-state index in [-0.39, 0.29) is 48.0 Å². The topological polar surface area (TPSA) is 93.3 Å². The quantitative estimate of drug-likeness (QED) is 0.839. The number of halogens is 2. The largest absolute Gasteiger partial charge is 0.492 e. The van der Waals surface area contributed by atoms with Crippen LogP contribution >= 0.6 is 0 Å². The van der Waals surface area contributed by atoms with Crippen molar-refractivity contribution in [1.29, 1.82) is 0 Å². The molecule has 0 amide bonds. The number of aromatic nitrogens is 2. The summed E-state index contributed by atoms with van der Waals surface area (Å²) in [5.74, 6) is -1.01. The third-order valence-electron chi connectivity index (χ3n) is 5.20. The highest BCUT2D eigenvalue weighted by molar-refractivity contribution is 5.91. The van der Waals surface area contributed by atoms with Crippen molar-refractivity contribution in [3.05, 3.63) is 32.7 Å². The minimum Gasteiger partial charge on any atom is -0.492 e. The first-order valence-electron chi connectivity index (χ1n) is 8.60. The third-order valence-corrected chi connectivity index (χ3v) is 5.20. The normalized spacial score (nSPS) is 23.0. The van der Waals surface area contributed by atoms with Crippen LogP contribution in [-0.4, -0.2) is 42.5 Å². The summed E-state index contributed by atoms with van der Waals surface area (Å²) >= 11 is 0. The number of aromatic amines is 1. The number of anilines is 1. The van der Waals surface area contributed by atoms with Crippen LogP contribution in [-0.2, 0) is 0 Å². The van der Waals surface area contributed by atoms with Crippen LogP contribution in [0.15, 0.2) is 15.7 Å². The minimum atomic E-state index is -1.18. The van der Waals surface area contributed by atoms with Crippen LogP contribution in [0, 0.1) is 11.7 Å². The summed E-state index contributed by atoms with van der Waals surface area (Å²) < 4.78 is 35.9. The Balaban J connectivity index is 2.00. The third kappa shape index (κ3) is 2.49. The number of nitrogens with one attached hydrogen (secondary N) is 1. The second-order valence-corrected chi connectivity index (χ2v) is 6.91. The van der Waals surface area contributed by atoms with Crippen LogP contribution in [0.5, 0.6) is 5.75 Å². The van der Waals surface area contributed by atoms with Crippen molar-refractivity contribution in [1.82, 2.24) is 9.55 Å². The molecule has 0 radical (unpaired) electrons. The van der Waals surface area contributed by atoms with Gasteiger partial charge in [0.2, 0.25) is 0 Å². The number of H-pyrrole nitrogens is 1. The molecule has 2 unspecified atom stereocenters. The molecule has 4 rings (SSSR count). The van der Waals surface area contributed by atoms with E-state index in [4.69, 9.17) is 10.5 Å². The zero-order chi connectivity index (χ0) is 18.6. The summed E-state index contributed by atoms with van der Waals surface area (Å²) in [6.45, 7) is 0.381. The van der Waals surface area contributed by atoms with Gasteiger partial charge in [0.15, 0.2) is 11.6 Å². The van der Waals surface area contributed by atoms with Gasteiger partial charge < -0.3 is 15.4 Å². The zero-order valence-electron chi connectivity index (χ0n) is 14.3. The first kappa shape index (κ1) is 17.0. The monoisotopic (exact) mass is 366 g/mol. The highest BCUT2D eigenvalue weighted by Crippen LogP contribution is 2.43. The predicted octanol–water partition coefficient (Wildman–Crippen LogP) is 0.905. The number of nitrogens with zero attached hydrogens (tertiary/aromatic N) is 2. The maximum Gasteiger partial charge on any atom is 0.329 e. The van der Waals surface area contributed by atoms with E-state index in [0.29, 0.717) is 0 Å². The van der Waals surface area contributed by atoms with Crippen LogP contribution in [0.25, 0.3) is 10.9 Å². The van der Waals surface area contributed by atoms with E-state index in [1.807, 2.05) is 0 Å². The molecule has 2 aromatic rings. The summed E-state index contributed by atoms with van der Waals surface area (Å²) in [5, 5.41) is 0.0426. The van der Waals surface area contributed by atoms with E-state index in [9.17, 15) is 18.4 Å². The Morgan fingerprint density at radius 1 is 1.35 bits per heavy atom. The van der Waals surface area contributed by atoms with Crippen molar-refractivity contribution in [3.8, 4) is 5.75 Å². The number of methoxy groups -OCH3 is 1. The molecule has 2 aliphatic rings. The highest BCUT2D eigenvalue weighted by atomic mass is 19.1. The first-order chi connectivity index (χ1) is 12.5. The number of ether oxygens (including phenoxy) is 1. The van der Waals surface area contributed by atoms with Crippen LogP contribution in [0.4, 0.5) is 14.5 Å². The van der Waals surface area contributed by atoms with Crippen molar-refractivity contribution in [3.63, 3.8) is 0 Å². The lowest BCUT2D eigenvalue weighted by molar-refractivity contribution is 0.289. The fourth-order valence-corrected chi connectivity index (χ4v) is 3.75. The molecule has 1 aliphatic carbocycles. The minimum absolute atomic E-state index is 0.0164. The van der Waals surface area contributed by atoms with Crippen LogP contribution < -0.4 is 26.6 Å². The van der Waals surface area contributed by atoms with Crippen LogP contribution in [0.1, 0.15) is 18.9 Å². The van der Waals surface area contributed by atoms with Gasteiger partial charge in [0.05, 0.1) is 12.5 Å². The number of benzene rings is 1. The van der Waals surface area contributed by atoms with Crippen LogP contribution in [0.2, 0.25) is 0 Å². The molecule has 1 saturated heterocycles. The van der Waals surface area contributed by atoms with Gasteiger partial charge in [-0.05, 0) is 25.5 Å². The van der Waals surface area contributed by atoms with Gasteiger partial charge in [-0.1, -0.05) is 0 Å². The van der Waals surface area contributed by atoms with Gasteiger partial charge in [0.1, 0.15) is 17.4 Å². The number of hydrogen-bond acceptors (Lipinski definition) is 5.